The van der Waals surface area contributed by atoms with Crippen molar-refractivity contribution in [3.05, 3.63) is 78.6 Å². The van der Waals surface area contributed by atoms with Crippen LogP contribution in [0, 0.1) is 6.92 Å². The molecule has 168 valence electrons. The van der Waals surface area contributed by atoms with Gasteiger partial charge in [0.15, 0.2) is 11.0 Å². The Labute approximate surface area is 197 Å². The van der Waals surface area contributed by atoms with Crippen LogP contribution < -0.4 is 10.2 Å². The second-order valence-corrected chi connectivity index (χ2v) is 9.16. The Morgan fingerprint density at radius 1 is 1.00 bits per heavy atom. The van der Waals surface area contributed by atoms with E-state index in [0.29, 0.717) is 11.0 Å². The fourth-order valence-electron chi connectivity index (χ4n) is 3.36. The minimum atomic E-state index is -0.379. The number of carbonyl (C=O) groups is 1. The van der Waals surface area contributed by atoms with Gasteiger partial charge in [-0.05, 0) is 61.9 Å². The maximum atomic E-state index is 12.9. The van der Waals surface area contributed by atoms with Crippen LogP contribution in [0.4, 0.5) is 11.4 Å². The lowest BCUT2D eigenvalue weighted by Crippen LogP contribution is -2.23. The molecular weight excluding hydrogens is 432 g/mol. The van der Waals surface area contributed by atoms with Crippen molar-refractivity contribution in [2.24, 2.45) is 0 Å². The molecule has 2 aromatic heterocycles. The molecule has 0 aliphatic heterocycles. The molecule has 7 nitrogen and oxygen atoms in total. The fraction of sp³-hybridized carbons (Fsp3) is 0.200. The standard InChI is InChI=1S/C25H26N6OS/c1-17-7-5-6-8-22(17)31-23(19-13-15-26-16-14-19)28-29-25(31)33-18(2)24(32)27-20-9-11-21(12-10-20)30(3)4/h5-16,18H,1-4H3,(H,27,32)/t18-/m1/s1. The summed E-state index contributed by atoms with van der Waals surface area (Å²) in [4.78, 5) is 19.0. The van der Waals surface area contributed by atoms with Crippen LogP contribution in [0.3, 0.4) is 0 Å². The van der Waals surface area contributed by atoms with E-state index in [1.165, 1.54) is 11.8 Å². The molecule has 4 aromatic rings. The number of nitrogens with one attached hydrogen (secondary N) is 1. The van der Waals surface area contributed by atoms with E-state index in [4.69, 9.17) is 0 Å². The molecule has 1 amide bonds. The molecule has 1 N–H and O–H groups in total. The fourth-order valence-corrected chi connectivity index (χ4v) is 4.22. The van der Waals surface area contributed by atoms with E-state index in [0.717, 1.165) is 28.2 Å². The highest BCUT2D eigenvalue weighted by molar-refractivity contribution is 8.00. The topological polar surface area (TPSA) is 75.9 Å². The number of benzene rings is 2. The van der Waals surface area contributed by atoms with Gasteiger partial charge < -0.3 is 10.2 Å². The highest BCUT2D eigenvalue weighted by atomic mass is 32.2. The van der Waals surface area contributed by atoms with Gasteiger partial charge in [-0.3, -0.25) is 14.3 Å². The molecule has 2 aromatic carbocycles. The van der Waals surface area contributed by atoms with Crippen LogP contribution in [-0.4, -0.2) is 45.0 Å². The van der Waals surface area contributed by atoms with E-state index in [9.17, 15) is 4.79 Å². The van der Waals surface area contributed by atoms with Gasteiger partial charge in [-0.2, -0.15) is 0 Å². The zero-order valence-corrected chi connectivity index (χ0v) is 19.9. The Morgan fingerprint density at radius 3 is 2.36 bits per heavy atom. The minimum Gasteiger partial charge on any atom is -0.378 e. The summed E-state index contributed by atoms with van der Waals surface area (Å²) in [5.74, 6) is 0.614. The normalized spacial score (nSPS) is 11.8. The molecule has 0 fully saturated rings. The maximum absolute atomic E-state index is 12.9. The van der Waals surface area contributed by atoms with Gasteiger partial charge in [0.05, 0.1) is 10.9 Å². The molecule has 4 rings (SSSR count). The average Bonchev–Trinajstić information content (AvgIpc) is 3.23. The smallest absolute Gasteiger partial charge is 0.237 e. The van der Waals surface area contributed by atoms with E-state index < -0.39 is 0 Å². The summed E-state index contributed by atoms with van der Waals surface area (Å²) in [7, 11) is 3.97. The second-order valence-electron chi connectivity index (χ2n) is 7.85. The molecule has 8 heteroatoms. The van der Waals surface area contributed by atoms with Crippen molar-refractivity contribution >= 4 is 29.0 Å². The Bertz CT molecular complexity index is 1240. The van der Waals surface area contributed by atoms with Gasteiger partial charge in [-0.15, -0.1) is 10.2 Å². The summed E-state index contributed by atoms with van der Waals surface area (Å²) in [5, 5.41) is 12.2. The highest BCUT2D eigenvalue weighted by Gasteiger charge is 2.22. The quantitative estimate of drug-likeness (QED) is 0.400. The third kappa shape index (κ3) is 5.06. The van der Waals surface area contributed by atoms with E-state index in [1.54, 1.807) is 12.4 Å². The number of hydrogen-bond acceptors (Lipinski definition) is 6. The number of hydrogen-bond donors (Lipinski definition) is 1. The molecule has 2 heterocycles. The van der Waals surface area contributed by atoms with E-state index in [1.807, 2.05) is 98.1 Å². The molecular formula is C25H26N6OS. The molecule has 33 heavy (non-hydrogen) atoms. The van der Waals surface area contributed by atoms with Crippen molar-refractivity contribution in [2.75, 3.05) is 24.3 Å². The van der Waals surface area contributed by atoms with Crippen LogP contribution >= 0.6 is 11.8 Å². The maximum Gasteiger partial charge on any atom is 0.237 e. The molecule has 0 aliphatic carbocycles. The molecule has 0 spiro atoms. The first-order chi connectivity index (χ1) is 15.9. The summed E-state index contributed by atoms with van der Waals surface area (Å²) in [5.41, 5.74) is 4.81. The summed E-state index contributed by atoms with van der Waals surface area (Å²) in [6.45, 7) is 3.92. The minimum absolute atomic E-state index is 0.0950. The number of pyridine rings is 1. The van der Waals surface area contributed by atoms with Gasteiger partial charge in [0.2, 0.25) is 5.91 Å². The van der Waals surface area contributed by atoms with Crippen molar-refractivity contribution in [3.63, 3.8) is 0 Å². The Hall–Kier alpha value is -3.65. The Balaban J connectivity index is 1.60. The average molecular weight is 459 g/mol. The van der Waals surface area contributed by atoms with Crippen LogP contribution in [0.15, 0.2) is 78.2 Å². The van der Waals surface area contributed by atoms with Crippen LogP contribution in [0.5, 0.6) is 0 Å². The molecule has 0 aliphatic rings. The number of anilines is 2. The van der Waals surface area contributed by atoms with Gasteiger partial charge in [0.25, 0.3) is 0 Å². The lowest BCUT2D eigenvalue weighted by molar-refractivity contribution is -0.115. The van der Waals surface area contributed by atoms with Gasteiger partial charge >= 0.3 is 0 Å². The Kier molecular flexibility index (Phi) is 6.74. The van der Waals surface area contributed by atoms with Gasteiger partial charge in [0.1, 0.15) is 0 Å². The van der Waals surface area contributed by atoms with Gasteiger partial charge in [-0.25, -0.2) is 0 Å². The first kappa shape index (κ1) is 22.5. The molecule has 0 bridgehead atoms. The zero-order valence-electron chi connectivity index (χ0n) is 19.1. The summed E-state index contributed by atoms with van der Waals surface area (Å²) < 4.78 is 2.00. The molecule has 0 saturated heterocycles. The SMILES string of the molecule is Cc1ccccc1-n1c(S[C@H](C)C(=O)Nc2ccc(N(C)C)cc2)nnc1-c1ccncc1. The molecule has 0 saturated carbocycles. The van der Waals surface area contributed by atoms with Crippen LogP contribution in [-0.2, 0) is 4.79 Å². The van der Waals surface area contributed by atoms with Crippen LogP contribution in [0.2, 0.25) is 0 Å². The lowest BCUT2D eigenvalue weighted by Gasteiger charge is -2.16. The number of aromatic nitrogens is 4. The highest BCUT2D eigenvalue weighted by Crippen LogP contribution is 2.31. The number of nitrogens with zero attached hydrogens (tertiary/aromatic N) is 5. The molecule has 0 radical (unpaired) electrons. The van der Waals surface area contributed by atoms with E-state index in [2.05, 4.69) is 20.5 Å². The largest absolute Gasteiger partial charge is 0.378 e. The Morgan fingerprint density at radius 2 is 1.70 bits per heavy atom. The number of amides is 1. The third-order valence-electron chi connectivity index (χ3n) is 5.23. The summed E-state index contributed by atoms with van der Waals surface area (Å²) in [6, 6.07) is 19.6. The number of rotatable bonds is 7. The monoisotopic (exact) mass is 458 g/mol. The number of para-hydroxylation sites is 1. The van der Waals surface area contributed by atoms with Crippen molar-refractivity contribution in [1.29, 1.82) is 0 Å². The van der Waals surface area contributed by atoms with Crippen molar-refractivity contribution < 1.29 is 4.79 Å². The first-order valence-corrected chi connectivity index (χ1v) is 11.5. The second kappa shape index (κ2) is 9.87. The first-order valence-electron chi connectivity index (χ1n) is 10.6. The van der Waals surface area contributed by atoms with Crippen LogP contribution in [0.25, 0.3) is 17.1 Å². The number of aryl methyl sites for hydroxylation is 1. The number of carbonyl (C=O) groups excluding carboxylic acids is 1. The molecule has 1 atom stereocenters. The van der Waals surface area contributed by atoms with Crippen molar-refractivity contribution in [2.45, 2.75) is 24.3 Å². The van der Waals surface area contributed by atoms with E-state index >= 15 is 0 Å². The summed E-state index contributed by atoms with van der Waals surface area (Å²) >= 11 is 1.38. The van der Waals surface area contributed by atoms with Gasteiger partial charge in [-0.1, -0.05) is 30.0 Å². The lowest BCUT2D eigenvalue weighted by atomic mass is 10.2. The molecule has 0 unspecified atom stereocenters. The van der Waals surface area contributed by atoms with Crippen LogP contribution in [0.1, 0.15) is 12.5 Å². The van der Waals surface area contributed by atoms with Crippen molar-refractivity contribution in [3.8, 4) is 17.1 Å². The number of thioether (sulfide) groups is 1. The van der Waals surface area contributed by atoms with Crippen molar-refractivity contribution in [1.82, 2.24) is 19.7 Å². The predicted octanol–water partition coefficient (Wildman–Crippen LogP) is 4.82. The predicted molar refractivity (Wildman–Crippen MR) is 134 cm³/mol. The summed E-state index contributed by atoms with van der Waals surface area (Å²) in [6.07, 6.45) is 3.47. The van der Waals surface area contributed by atoms with Gasteiger partial charge in [0, 0.05) is 43.4 Å². The third-order valence-corrected chi connectivity index (χ3v) is 6.27. The van der Waals surface area contributed by atoms with E-state index in [-0.39, 0.29) is 11.2 Å². The zero-order chi connectivity index (χ0) is 23.4.